The maximum absolute atomic E-state index is 15.3. The Balaban J connectivity index is 0.00000132. The lowest BCUT2D eigenvalue weighted by Gasteiger charge is -2.37. The zero-order valence-electron chi connectivity index (χ0n) is 65.8. The minimum absolute atomic E-state index is 0.0511. The fourth-order valence-corrected chi connectivity index (χ4v) is 13.6. The maximum atomic E-state index is 15.3. The molecule has 1 aromatic heterocycles. The van der Waals surface area contributed by atoms with Crippen molar-refractivity contribution in [2.45, 2.75) is 269 Å². The number of alkyl halides is 1. The summed E-state index contributed by atoms with van der Waals surface area (Å²) >= 11 is 0. The van der Waals surface area contributed by atoms with Crippen LogP contribution in [-0.4, -0.2) is 152 Å². The number of nitrogens with one attached hydrogen (secondary N) is 1. The highest BCUT2D eigenvalue weighted by atomic mass is 19.2. The van der Waals surface area contributed by atoms with Crippen molar-refractivity contribution in [2.75, 3.05) is 79.0 Å². The fourth-order valence-electron chi connectivity index (χ4n) is 13.6. The predicted octanol–water partition coefficient (Wildman–Crippen LogP) is 17.1. The fraction of sp³-hybridized carbons (Fsp3) is 0.659. The molecule has 5 heterocycles. The van der Waals surface area contributed by atoms with Gasteiger partial charge in [0.2, 0.25) is 5.91 Å². The summed E-state index contributed by atoms with van der Waals surface area (Å²) in [7, 11) is 6.28. The Morgan fingerprint density at radius 3 is 2.02 bits per heavy atom. The number of amides is 2. The van der Waals surface area contributed by atoms with Crippen molar-refractivity contribution < 1.29 is 47.1 Å². The smallest absolute Gasteiger partial charge is 0.293 e. The van der Waals surface area contributed by atoms with Crippen LogP contribution in [0.25, 0.3) is 34.4 Å². The maximum Gasteiger partial charge on any atom is 0.293 e. The lowest BCUT2D eigenvalue weighted by molar-refractivity contribution is -0.147. The molecule has 0 bridgehead atoms. The number of halogens is 3. The number of fused-ring (bicyclic) bond motifs is 2. The number of anilines is 1. The molecule has 5 atom stereocenters. The summed E-state index contributed by atoms with van der Waals surface area (Å²) in [5, 5.41) is 13.7. The van der Waals surface area contributed by atoms with Crippen molar-refractivity contribution >= 4 is 59.7 Å². The molecule has 0 saturated carbocycles. The number of aryl methyl sites for hydroxylation is 2. The van der Waals surface area contributed by atoms with Crippen LogP contribution in [0.2, 0.25) is 0 Å². The Labute approximate surface area is 598 Å². The first-order valence-electron chi connectivity index (χ1n) is 37.5. The number of rotatable bonds is 23. The van der Waals surface area contributed by atoms with Gasteiger partial charge >= 0.3 is 0 Å². The summed E-state index contributed by atoms with van der Waals surface area (Å²) in [6.45, 7) is 47.7. The molecule has 4 aliphatic rings. The number of carbonyl (C=O) groups excluding carboxylic acids is 5. The highest BCUT2D eigenvalue weighted by Crippen LogP contribution is 2.42. The number of pyridine rings is 1. The van der Waals surface area contributed by atoms with Crippen molar-refractivity contribution in [1.82, 2.24) is 30.1 Å². The Hall–Kier alpha value is -6.17. The molecule has 8 rings (SSSR count). The number of carbonyl (C=O) groups is 5. The number of benzene rings is 3. The summed E-state index contributed by atoms with van der Waals surface area (Å²) in [5.74, 6) is 0.987. The SMILES string of the molecule is C=c1c(C)c(-c2cc(C(C)C)cc3ccc(F)c(CC)c23)nc/c1=C(/NC(C)=O)N1CCC[C@H](C)C1.CC.CC.CC.CC(CCC=O)C(=O)N(C)F.CCCC=O.CCCCC(F)(CCC)CN1CCC(c2ccc(C)c(N(C)C)c2)CC1.CO.C[C@@]12CCCN1[C@H](COC=O)CC2. The van der Waals surface area contributed by atoms with Crippen LogP contribution in [0.1, 0.15) is 260 Å². The molecular weight excluding hydrogens is 1250 g/mol. The molecule has 2 N–H and O–H groups in total. The molecule has 4 saturated heterocycles. The Morgan fingerprint density at radius 1 is 0.848 bits per heavy atom. The molecule has 4 fully saturated rings. The van der Waals surface area contributed by atoms with Crippen LogP contribution in [0.5, 0.6) is 0 Å². The van der Waals surface area contributed by atoms with Crippen molar-refractivity contribution in [3.8, 4) is 11.3 Å². The Bertz CT molecular complexity index is 3080. The molecule has 0 aliphatic carbocycles. The molecule has 2 unspecified atom stereocenters. The van der Waals surface area contributed by atoms with Gasteiger partial charge in [-0.1, -0.05) is 152 Å². The van der Waals surface area contributed by atoms with Crippen LogP contribution in [0, 0.1) is 31.5 Å². The minimum Gasteiger partial charge on any atom is -0.466 e. The minimum atomic E-state index is -0.987. The zero-order valence-corrected chi connectivity index (χ0v) is 65.8. The van der Waals surface area contributed by atoms with Gasteiger partial charge in [-0.3, -0.25) is 24.3 Å². The molecule has 2 amide bonds. The molecular formula is C82H136F3N7O7. The third-order valence-electron chi connectivity index (χ3n) is 18.9. The van der Waals surface area contributed by atoms with Gasteiger partial charge in [0, 0.05) is 108 Å². The summed E-state index contributed by atoms with van der Waals surface area (Å²) in [4.78, 5) is 66.6. The quantitative estimate of drug-likeness (QED) is 0.0536. The third-order valence-corrected chi connectivity index (χ3v) is 18.9. The first-order chi connectivity index (χ1) is 47.3. The van der Waals surface area contributed by atoms with E-state index in [1.807, 2.05) is 74.6 Å². The normalized spacial score (nSPS) is 18.2. The average molecular weight is 1390 g/mol. The summed E-state index contributed by atoms with van der Waals surface area (Å²) < 4.78 is 47.2. The lowest BCUT2D eigenvalue weighted by Crippen LogP contribution is -2.46. The van der Waals surface area contributed by atoms with Crippen molar-refractivity contribution in [2.24, 2.45) is 11.8 Å². The van der Waals surface area contributed by atoms with E-state index >= 15 is 4.39 Å². The molecule has 0 radical (unpaired) electrons. The van der Waals surface area contributed by atoms with E-state index in [1.165, 1.54) is 68.0 Å². The van der Waals surface area contributed by atoms with E-state index < -0.39 is 17.5 Å². The molecule has 4 aliphatic heterocycles. The van der Waals surface area contributed by atoms with Gasteiger partial charge in [0.25, 0.3) is 12.4 Å². The van der Waals surface area contributed by atoms with Crippen LogP contribution in [0.3, 0.4) is 0 Å². The number of hydrogen-bond acceptors (Lipinski definition) is 12. The number of nitrogens with zero attached hydrogens (tertiary/aromatic N) is 6. The van der Waals surface area contributed by atoms with Gasteiger partial charge in [-0.05, 0) is 204 Å². The van der Waals surface area contributed by atoms with E-state index in [1.54, 1.807) is 13.0 Å². The molecule has 14 nitrogen and oxygen atoms in total. The van der Waals surface area contributed by atoms with Gasteiger partial charge in [-0.15, -0.1) is 0 Å². The van der Waals surface area contributed by atoms with E-state index in [4.69, 9.17) is 14.8 Å². The monoisotopic (exact) mass is 1390 g/mol. The number of aldehydes is 2. The first kappa shape index (κ1) is 92.8. The number of aliphatic hydroxyl groups excluding tert-OH is 1. The largest absolute Gasteiger partial charge is 0.466 e. The molecule has 0 spiro atoms. The van der Waals surface area contributed by atoms with Crippen LogP contribution in [0.15, 0.2) is 48.7 Å². The van der Waals surface area contributed by atoms with E-state index in [-0.39, 0.29) is 16.8 Å². The average Bonchev–Trinajstić information content (AvgIpc) is 1.40. The van der Waals surface area contributed by atoms with E-state index in [0.29, 0.717) is 86.6 Å². The second-order valence-corrected chi connectivity index (χ2v) is 26.9. The number of aliphatic hydroxyl groups is 1. The number of aromatic nitrogens is 1. The number of ether oxygens (including phenoxy) is 1. The molecule has 99 heavy (non-hydrogen) atoms. The molecule has 4 aromatic rings. The molecule has 562 valence electrons. The highest BCUT2D eigenvalue weighted by molar-refractivity contribution is 5.99. The van der Waals surface area contributed by atoms with Crippen molar-refractivity contribution in [3.63, 3.8) is 0 Å². The van der Waals surface area contributed by atoms with Gasteiger partial charge < -0.3 is 39.4 Å². The van der Waals surface area contributed by atoms with Gasteiger partial charge in [0.15, 0.2) is 0 Å². The standard InChI is InChI=1S/C31H38FN3O.C23H39FN2.C10H17NO2.C7H12FNO2.C4H8O.3C2H6.CH4O/c1-8-25-28(32)12-11-23-14-24(18(2)3)15-26(29(23)25)30-21(6)20(5)27(16-33-30)31(34-22(7)36)35-13-9-10-19(4)17-35;1-6-8-14-23(24,13-7-2)18-26-15-11-20(12-16-26)21-10-9-19(3)22(17-21)25(4)5;1-10-4-2-6-11(10)9(3-5-10)7-13-8-12;1-6(4-3-5-10)7(11)9(2)8;1-2-3-4-5;4*1-2/h11-12,14-16,18-19H,5,8-10,13,17H2,1-4,6-7H3,(H,34,36);9-10,17,20H,6-8,11-16,18H2,1-5H3;8-9H,2-7H2,1H3;5-6H,3-4H2,1-2H3;4H,2-3H2,1H3;3*1-2H3;2H,1H3/b31-27+;;;;;;;;/t19-;;9-,10-;;;;;;/m0.0....../s1. The second-order valence-electron chi connectivity index (χ2n) is 26.9. The van der Waals surface area contributed by atoms with E-state index in [9.17, 15) is 32.8 Å². The van der Waals surface area contributed by atoms with Gasteiger partial charge in [0.1, 0.15) is 36.5 Å². The third kappa shape index (κ3) is 29.7. The first-order valence-corrected chi connectivity index (χ1v) is 37.5. The Morgan fingerprint density at radius 2 is 1.49 bits per heavy atom. The summed E-state index contributed by atoms with van der Waals surface area (Å²) in [6, 6.07) is 15.1. The second kappa shape index (κ2) is 50.2. The predicted molar refractivity (Wildman–Crippen MR) is 410 cm³/mol. The number of hydrogen-bond donors (Lipinski definition) is 2. The molecule has 17 heteroatoms. The van der Waals surface area contributed by atoms with Crippen molar-refractivity contribution in [1.29, 1.82) is 0 Å². The van der Waals surface area contributed by atoms with E-state index in [2.05, 4.69) is 124 Å². The summed E-state index contributed by atoms with van der Waals surface area (Å²) in [5.41, 5.74) is 8.11. The number of piperidine rings is 2. The zero-order chi connectivity index (χ0) is 75.6. The Kier molecular flexibility index (Phi) is 47.1. The van der Waals surface area contributed by atoms with Crippen molar-refractivity contribution in [3.05, 3.63) is 92.7 Å². The topological polar surface area (TPSA) is 156 Å². The summed E-state index contributed by atoms with van der Waals surface area (Å²) in [6.07, 6.45) is 20.6. The van der Waals surface area contributed by atoms with Gasteiger partial charge in [-0.25, -0.2) is 8.78 Å². The van der Waals surface area contributed by atoms with Crippen LogP contribution in [0.4, 0.5) is 18.9 Å². The van der Waals surface area contributed by atoms with Gasteiger partial charge in [-0.2, -0.15) is 5.12 Å². The van der Waals surface area contributed by atoms with Crippen LogP contribution < -0.4 is 20.7 Å². The number of likely N-dealkylation sites (tertiary alicyclic amines) is 2. The van der Waals surface area contributed by atoms with Crippen LogP contribution >= 0.6 is 0 Å². The van der Waals surface area contributed by atoms with E-state index in [0.717, 1.165) is 148 Å². The van der Waals surface area contributed by atoms with Gasteiger partial charge in [0.05, 0.1) is 5.69 Å². The van der Waals surface area contributed by atoms with Crippen LogP contribution in [-0.2, 0) is 35.1 Å². The molecule has 3 aromatic carbocycles. The lowest BCUT2D eigenvalue weighted by atomic mass is 9.87. The highest BCUT2D eigenvalue weighted by Gasteiger charge is 2.45. The number of unbranched alkanes of at least 4 members (excludes halogenated alkanes) is 2.